The van der Waals surface area contributed by atoms with Crippen LogP contribution in [-0.2, 0) is 0 Å². The van der Waals surface area contributed by atoms with E-state index in [9.17, 15) is 5.11 Å². The van der Waals surface area contributed by atoms with E-state index in [1.54, 1.807) is 7.05 Å². The van der Waals surface area contributed by atoms with Gasteiger partial charge in [-0.2, -0.15) is 0 Å². The van der Waals surface area contributed by atoms with Gasteiger partial charge in [0.25, 0.3) is 0 Å². The number of nitrogens with one attached hydrogen (secondary N) is 2. The first kappa shape index (κ1) is 14.1. The minimum Gasteiger partial charge on any atom is -0.493 e. The van der Waals surface area contributed by atoms with E-state index >= 15 is 0 Å². The highest BCUT2D eigenvalue weighted by Gasteiger charge is 2.32. The maximum absolute atomic E-state index is 9.66. The summed E-state index contributed by atoms with van der Waals surface area (Å²) < 4.78 is 5.82. The van der Waals surface area contributed by atoms with Crippen LogP contribution in [0.4, 0.5) is 0 Å². The van der Waals surface area contributed by atoms with Gasteiger partial charge in [0.15, 0.2) is 5.11 Å². The lowest BCUT2D eigenvalue weighted by Gasteiger charge is -2.34. The number of benzene rings is 2. The fourth-order valence-corrected chi connectivity index (χ4v) is 2.94. The summed E-state index contributed by atoms with van der Waals surface area (Å²) >= 11 is 5.24. The average molecular weight is 302 g/mol. The molecule has 4 nitrogen and oxygen atoms in total. The van der Waals surface area contributed by atoms with E-state index in [4.69, 9.17) is 17.0 Å². The largest absolute Gasteiger partial charge is 0.493 e. The molecular formula is C16H18N2O2S. The second kappa shape index (κ2) is 5.87. The molecule has 0 saturated carbocycles. The van der Waals surface area contributed by atoms with Crippen molar-refractivity contribution in [2.75, 3.05) is 20.3 Å². The van der Waals surface area contributed by atoms with Crippen LogP contribution >= 0.6 is 12.2 Å². The topological polar surface area (TPSA) is 53.5 Å². The number of fused-ring (bicyclic) bond motifs is 3. The highest BCUT2D eigenvalue weighted by atomic mass is 32.1. The molecule has 1 aliphatic rings. The molecule has 0 amide bonds. The zero-order chi connectivity index (χ0) is 14.8. The molecule has 21 heavy (non-hydrogen) atoms. The van der Waals surface area contributed by atoms with Crippen LogP contribution in [0.2, 0.25) is 0 Å². The molecule has 0 spiro atoms. The molecule has 5 heteroatoms. The van der Waals surface area contributed by atoms with Crippen LogP contribution < -0.4 is 15.4 Å². The van der Waals surface area contributed by atoms with E-state index in [0.29, 0.717) is 11.7 Å². The van der Waals surface area contributed by atoms with Gasteiger partial charge in [-0.1, -0.05) is 30.3 Å². The Morgan fingerprint density at radius 1 is 1.33 bits per heavy atom. The fraction of sp³-hybridized carbons (Fsp3) is 0.312. The minimum atomic E-state index is -0.0650. The van der Waals surface area contributed by atoms with Gasteiger partial charge in [0, 0.05) is 18.5 Å². The lowest BCUT2D eigenvalue weighted by molar-refractivity contribution is 0.119. The Hall–Kier alpha value is -1.85. The van der Waals surface area contributed by atoms with Gasteiger partial charge in [-0.3, -0.25) is 0 Å². The zero-order valence-electron chi connectivity index (χ0n) is 11.8. The molecule has 0 aromatic heterocycles. The number of ether oxygens (including phenoxy) is 1. The van der Waals surface area contributed by atoms with Gasteiger partial charge in [-0.25, -0.2) is 0 Å². The maximum Gasteiger partial charge on any atom is 0.166 e. The first-order valence-electron chi connectivity index (χ1n) is 6.98. The van der Waals surface area contributed by atoms with Gasteiger partial charge in [0.05, 0.1) is 19.3 Å². The second-order valence-corrected chi connectivity index (χ2v) is 5.56. The quantitative estimate of drug-likeness (QED) is 0.741. The summed E-state index contributed by atoms with van der Waals surface area (Å²) in [5.74, 6) is 0.824. The summed E-state index contributed by atoms with van der Waals surface area (Å²) in [6.07, 6.45) is 0. The van der Waals surface area contributed by atoms with Gasteiger partial charge in [-0.05, 0) is 29.1 Å². The van der Waals surface area contributed by atoms with Gasteiger partial charge in [0.2, 0.25) is 0 Å². The average Bonchev–Trinajstić information content (AvgIpc) is 2.54. The van der Waals surface area contributed by atoms with Crippen molar-refractivity contribution in [3.05, 3.63) is 42.0 Å². The van der Waals surface area contributed by atoms with Crippen LogP contribution in [0.15, 0.2) is 36.4 Å². The van der Waals surface area contributed by atoms with Crippen molar-refractivity contribution in [3.63, 3.8) is 0 Å². The Bertz CT molecular complexity index is 674. The molecular weight excluding hydrogens is 284 g/mol. The van der Waals surface area contributed by atoms with Crippen LogP contribution in [0.1, 0.15) is 11.6 Å². The van der Waals surface area contributed by atoms with Gasteiger partial charge >= 0.3 is 0 Å². The minimum absolute atomic E-state index is 0.0328. The molecule has 0 aliphatic carbocycles. The molecule has 0 saturated heterocycles. The van der Waals surface area contributed by atoms with Gasteiger partial charge in [0.1, 0.15) is 5.75 Å². The van der Waals surface area contributed by atoms with Crippen molar-refractivity contribution in [2.45, 2.75) is 6.04 Å². The predicted molar refractivity (Wildman–Crippen MR) is 87.6 cm³/mol. The van der Waals surface area contributed by atoms with Crippen LogP contribution in [-0.4, -0.2) is 30.5 Å². The van der Waals surface area contributed by atoms with Crippen molar-refractivity contribution in [1.82, 2.24) is 10.6 Å². The number of hydrogen-bond donors (Lipinski definition) is 3. The predicted octanol–water partition coefficient (Wildman–Crippen LogP) is 1.98. The Morgan fingerprint density at radius 3 is 2.90 bits per heavy atom. The third kappa shape index (κ3) is 2.54. The van der Waals surface area contributed by atoms with E-state index in [1.807, 2.05) is 18.2 Å². The summed E-state index contributed by atoms with van der Waals surface area (Å²) in [7, 11) is 1.78. The van der Waals surface area contributed by atoms with Crippen molar-refractivity contribution in [2.24, 2.45) is 5.92 Å². The smallest absolute Gasteiger partial charge is 0.166 e. The Balaban J connectivity index is 2.14. The molecule has 0 unspecified atom stereocenters. The molecule has 3 N–H and O–H groups in total. The Morgan fingerprint density at radius 2 is 2.14 bits per heavy atom. The van der Waals surface area contributed by atoms with E-state index in [0.717, 1.165) is 22.1 Å². The zero-order valence-corrected chi connectivity index (χ0v) is 12.6. The van der Waals surface area contributed by atoms with E-state index in [-0.39, 0.29) is 18.6 Å². The molecule has 1 aliphatic heterocycles. The van der Waals surface area contributed by atoms with E-state index < -0.39 is 0 Å². The molecule has 0 fully saturated rings. The maximum atomic E-state index is 9.66. The summed E-state index contributed by atoms with van der Waals surface area (Å²) in [5, 5.41) is 18.7. The van der Waals surface area contributed by atoms with Gasteiger partial charge < -0.3 is 20.5 Å². The number of thiocarbonyl (C=S) groups is 1. The standard InChI is InChI=1S/C16H18N2O2S/c1-17-16(21)18-15-11(8-19)9-20-13-7-6-10-4-2-3-5-12(10)14(13)15/h2-7,11,15,19H,8-9H2,1H3,(H2,17,18,21)/t11-,15-/m0/s1. The lowest BCUT2D eigenvalue weighted by atomic mass is 9.87. The summed E-state index contributed by atoms with van der Waals surface area (Å²) in [5.41, 5.74) is 1.07. The van der Waals surface area contributed by atoms with E-state index in [2.05, 4.69) is 28.8 Å². The first-order valence-corrected chi connectivity index (χ1v) is 7.39. The van der Waals surface area contributed by atoms with Crippen LogP contribution in [0.3, 0.4) is 0 Å². The normalized spacial score (nSPS) is 20.5. The fourth-order valence-electron chi connectivity index (χ4n) is 2.81. The number of rotatable bonds is 2. The first-order chi connectivity index (χ1) is 10.2. The number of aliphatic hydroxyl groups excluding tert-OH is 1. The summed E-state index contributed by atoms with van der Waals surface area (Å²) in [4.78, 5) is 0. The van der Waals surface area contributed by atoms with Crippen molar-refractivity contribution < 1.29 is 9.84 Å². The van der Waals surface area contributed by atoms with Crippen molar-refractivity contribution in [3.8, 4) is 5.75 Å². The third-order valence-electron chi connectivity index (χ3n) is 3.91. The highest BCUT2D eigenvalue weighted by molar-refractivity contribution is 7.80. The SMILES string of the molecule is CNC(=S)N[C@@H]1c2c(ccc3ccccc23)OC[C@@H]1CO. The second-order valence-electron chi connectivity index (χ2n) is 5.15. The molecule has 1 heterocycles. The summed E-state index contributed by atoms with van der Waals surface area (Å²) in [6, 6.07) is 12.2. The molecule has 0 bridgehead atoms. The molecule has 2 aromatic carbocycles. The number of aliphatic hydroxyl groups is 1. The molecule has 2 atom stereocenters. The molecule has 110 valence electrons. The molecule has 3 rings (SSSR count). The Kier molecular flexibility index (Phi) is 3.94. The van der Waals surface area contributed by atoms with Crippen molar-refractivity contribution in [1.29, 1.82) is 0 Å². The van der Waals surface area contributed by atoms with Gasteiger partial charge in [-0.15, -0.1) is 0 Å². The molecule has 2 aromatic rings. The monoisotopic (exact) mass is 302 g/mol. The molecule has 0 radical (unpaired) electrons. The summed E-state index contributed by atoms with van der Waals surface area (Å²) in [6.45, 7) is 0.526. The third-order valence-corrected chi connectivity index (χ3v) is 4.24. The number of hydrogen-bond acceptors (Lipinski definition) is 3. The van der Waals surface area contributed by atoms with E-state index in [1.165, 1.54) is 0 Å². The highest BCUT2D eigenvalue weighted by Crippen LogP contribution is 2.40. The lowest BCUT2D eigenvalue weighted by Crippen LogP contribution is -2.43. The van der Waals surface area contributed by atoms with Crippen LogP contribution in [0.5, 0.6) is 5.75 Å². The van der Waals surface area contributed by atoms with Crippen molar-refractivity contribution >= 4 is 28.1 Å². The Labute approximate surface area is 129 Å². The van der Waals surface area contributed by atoms with Crippen LogP contribution in [0.25, 0.3) is 10.8 Å². The van der Waals surface area contributed by atoms with Crippen LogP contribution in [0, 0.1) is 5.92 Å².